The summed E-state index contributed by atoms with van der Waals surface area (Å²) in [5.74, 6) is 0.319. The minimum absolute atomic E-state index is 0.0389. The van der Waals surface area contributed by atoms with Crippen molar-refractivity contribution in [1.29, 1.82) is 5.26 Å². The van der Waals surface area contributed by atoms with E-state index in [2.05, 4.69) is 27.9 Å². The summed E-state index contributed by atoms with van der Waals surface area (Å²) in [4.78, 5) is 7.17. The van der Waals surface area contributed by atoms with Crippen LogP contribution in [0.3, 0.4) is 0 Å². The third-order valence-corrected chi connectivity index (χ3v) is 10.4. The smallest absolute Gasteiger partial charge is 0.224 e. The number of hydrogen-bond donors (Lipinski definition) is 3. The van der Waals surface area contributed by atoms with Crippen LogP contribution in [0.1, 0.15) is 42.9 Å². The zero-order valence-corrected chi connectivity index (χ0v) is 25.3. The van der Waals surface area contributed by atoms with Crippen LogP contribution in [0, 0.1) is 23.1 Å². The van der Waals surface area contributed by atoms with Crippen molar-refractivity contribution in [2.75, 3.05) is 26.7 Å². The quantitative estimate of drug-likeness (QED) is 0.205. The van der Waals surface area contributed by atoms with Gasteiger partial charge in [-0.05, 0) is 85.3 Å². The maximum absolute atomic E-state index is 17.3. The lowest BCUT2D eigenvalue weighted by Crippen LogP contribution is -2.38. The fourth-order valence-electron chi connectivity index (χ4n) is 8.10. The van der Waals surface area contributed by atoms with Gasteiger partial charge >= 0.3 is 0 Å². The predicted molar refractivity (Wildman–Crippen MR) is 172 cm³/mol. The second-order valence-corrected chi connectivity index (χ2v) is 12.9. The lowest BCUT2D eigenvalue weighted by molar-refractivity contribution is 0.195. The number of nitrogens with one attached hydrogen (secondary N) is 1. The molecule has 1 aliphatic carbocycles. The van der Waals surface area contributed by atoms with Gasteiger partial charge in [0.2, 0.25) is 5.88 Å². The Morgan fingerprint density at radius 1 is 1.18 bits per heavy atom. The number of benzene rings is 3. The number of halogens is 1. The molecule has 3 N–H and O–H groups in total. The van der Waals surface area contributed by atoms with Crippen molar-refractivity contribution in [1.82, 2.24) is 19.8 Å². The Morgan fingerprint density at radius 2 is 2.04 bits per heavy atom. The molecular formula is C36H36FN5O3. The maximum atomic E-state index is 17.3. The first kappa shape index (κ1) is 28.3. The van der Waals surface area contributed by atoms with E-state index in [-0.39, 0.29) is 36.4 Å². The standard InChI is InChI=1S/C36H36FN5O3/c1-41-11-5-8-24(41)19-45-36-31-23(18-43)17-42(34-22-14-29(34)39-16-22)35(31)28-13-21(7-4-10-38)30(32(37)33(28)40-36)27-15-25(44)12-20-6-2-3-9-26(20)27/h2-3,6,9,12-13,15,17,22,24,29,34,39,43-44H,4-5,7-8,11,14,16,18-19H2,1H3/t22?,24-,29?,34?/m0/s1. The topological polar surface area (TPSA) is 107 Å². The van der Waals surface area contributed by atoms with Crippen LogP contribution in [-0.2, 0) is 13.0 Å². The second-order valence-electron chi connectivity index (χ2n) is 12.9. The van der Waals surface area contributed by atoms with Crippen LogP contribution in [-0.4, -0.2) is 63.5 Å². The van der Waals surface area contributed by atoms with E-state index in [1.165, 1.54) is 0 Å². The van der Waals surface area contributed by atoms with Gasteiger partial charge < -0.3 is 29.7 Å². The molecule has 0 spiro atoms. The van der Waals surface area contributed by atoms with Crippen molar-refractivity contribution in [3.05, 3.63) is 65.6 Å². The Labute approximate surface area is 260 Å². The van der Waals surface area contributed by atoms with Gasteiger partial charge in [-0.1, -0.05) is 24.3 Å². The monoisotopic (exact) mass is 605 g/mol. The average Bonchev–Trinajstić information content (AvgIpc) is 3.84. The Morgan fingerprint density at radius 3 is 2.78 bits per heavy atom. The van der Waals surface area contributed by atoms with Crippen LogP contribution in [0.2, 0.25) is 0 Å². The number of pyridine rings is 1. The van der Waals surface area contributed by atoms with Crippen molar-refractivity contribution in [2.24, 2.45) is 5.92 Å². The third kappa shape index (κ3) is 4.46. The van der Waals surface area contributed by atoms with Crippen LogP contribution in [0.5, 0.6) is 11.6 Å². The molecule has 1 saturated carbocycles. The molecule has 4 fully saturated rings. The van der Waals surface area contributed by atoms with Gasteiger partial charge in [0, 0.05) is 47.8 Å². The highest BCUT2D eigenvalue weighted by Gasteiger charge is 2.48. The fraction of sp³-hybridized carbons (Fsp3) is 0.389. The SMILES string of the molecule is CN1CCC[C@H]1COc1nc2c(F)c(-c3cc(O)cc4ccccc34)c(CCC#N)cc2c2c1c(CO)cn2C1C2CNC1C2. The lowest BCUT2D eigenvalue weighted by Gasteiger charge is -2.36. The number of aromatic nitrogens is 2. The molecule has 3 aromatic carbocycles. The molecular weight excluding hydrogens is 569 g/mol. The van der Waals surface area contributed by atoms with E-state index in [1.54, 1.807) is 12.1 Å². The van der Waals surface area contributed by atoms with Crippen LogP contribution in [0.4, 0.5) is 4.39 Å². The van der Waals surface area contributed by atoms with Gasteiger partial charge in [0.05, 0.1) is 29.6 Å². The van der Waals surface area contributed by atoms with Crippen molar-refractivity contribution in [3.8, 4) is 28.8 Å². The zero-order chi connectivity index (χ0) is 30.8. The molecule has 2 bridgehead atoms. The van der Waals surface area contributed by atoms with Gasteiger partial charge in [-0.2, -0.15) is 5.26 Å². The van der Waals surface area contributed by atoms with Gasteiger partial charge in [-0.25, -0.2) is 9.37 Å². The van der Waals surface area contributed by atoms with Crippen molar-refractivity contribution >= 4 is 32.6 Å². The number of aliphatic hydroxyl groups excluding tert-OH is 1. The Hall–Kier alpha value is -4.23. The summed E-state index contributed by atoms with van der Waals surface area (Å²) in [6, 6.07) is 15.8. The Bertz CT molecular complexity index is 2000. The number of phenolic OH excluding ortho intramolecular Hbond substituents is 1. The summed E-state index contributed by atoms with van der Waals surface area (Å²) in [6.07, 6.45) is 5.75. The molecule has 0 amide bonds. The molecule has 0 radical (unpaired) electrons. The number of aromatic hydroxyl groups is 1. The first-order chi connectivity index (χ1) is 22.0. The van der Waals surface area contributed by atoms with E-state index in [0.717, 1.165) is 54.0 Å². The number of fused-ring (bicyclic) bond motifs is 5. The summed E-state index contributed by atoms with van der Waals surface area (Å²) >= 11 is 0. The van der Waals surface area contributed by atoms with Gasteiger partial charge in [0.15, 0.2) is 5.82 Å². The number of likely N-dealkylation sites (tertiary alicyclic amines) is 1. The molecule has 2 aromatic heterocycles. The van der Waals surface area contributed by atoms with E-state index >= 15 is 4.39 Å². The number of phenols is 1. The second kappa shape index (κ2) is 11.0. The van der Waals surface area contributed by atoms with Crippen LogP contribution in [0.15, 0.2) is 48.7 Å². The predicted octanol–water partition coefficient (Wildman–Crippen LogP) is 5.81. The molecule has 9 rings (SSSR count). The average molecular weight is 606 g/mol. The molecule has 5 aromatic rings. The third-order valence-electron chi connectivity index (χ3n) is 10.4. The van der Waals surface area contributed by atoms with E-state index < -0.39 is 5.82 Å². The largest absolute Gasteiger partial charge is 0.508 e. The molecule has 3 saturated heterocycles. The van der Waals surface area contributed by atoms with E-state index in [0.29, 0.717) is 58.5 Å². The van der Waals surface area contributed by atoms with E-state index in [9.17, 15) is 15.5 Å². The van der Waals surface area contributed by atoms with Crippen LogP contribution in [0.25, 0.3) is 43.7 Å². The van der Waals surface area contributed by atoms with Crippen LogP contribution < -0.4 is 10.1 Å². The number of hydrogen-bond acceptors (Lipinski definition) is 7. The number of rotatable bonds is 8. The van der Waals surface area contributed by atoms with E-state index in [1.807, 2.05) is 36.5 Å². The first-order valence-corrected chi connectivity index (χ1v) is 15.9. The highest BCUT2D eigenvalue weighted by molar-refractivity contribution is 6.10. The molecule has 8 nitrogen and oxygen atoms in total. The highest BCUT2D eigenvalue weighted by Crippen LogP contribution is 2.49. The first-order valence-electron chi connectivity index (χ1n) is 15.9. The number of aliphatic hydroxyl groups is 1. The molecule has 3 unspecified atom stereocenters. The van der Waals surface area contributed by atoms with Gasteiger partial charge in [0.1, 0.15) is 17.9 Å². The normalized spacial score (nSPS) is 22.8. The molecule has 9 heteroatoms. The molecule has 45 heavy (non-hydrogen) atoms. The number of ether oxygens (including phenoxy) is 1. The van der Waals surface area contributed by atoms with E-state index in [4.69, 9.17) is 9.72 Å². The van der Waals surface area contributed by atoms with Crippen molar-refractivity contribution in [2.45, 2.75) is 56.8 Å². The van der Waals surface area contributed by atoms with Crippen molar-refractivity contribution < 1.29 is 19.3 Å². The minimum Gasteiger partial charge on any atom is -0.508 e. The molecule has 4 atom stereocenters. The lowest BCUT2D eigenvalue weighted by atomic mass is 9.80. The number of aryl methyl sites for hydroxylation is 1. The van der Waals surface area contributed by atoms with Crippen LogP contribution >= 0.6 is 0 Å². The number of nitrogens with zero attached hydrogens (tertiary/aromatic N) is 4. The fourth-order valence-corrected chi connectivity index (χ4v) is 8.10. The summed E-state index contributed by atoms with van der Waals surface area (Å²) in [6.45, 7) is 2.16. The molecule has 5 heterocycles. The maximum Gasteiger partial charge on any atom is 0.224 e. The highest BCUT2D eigenvalue weighted by atomic mass is 19.1. The summed E-state index contributed by atoms with van der Waals surface area (Å²) in [5.41, 5.74) is 3.28. The molecule has 3 aliphatic heterocycles. The van der Waals surface area contributed by atoms with Crippen molar-refractivity contribution in [3.63, 3.8) is 0 Å². The van der Waals surface area contributed by atoms with Gasteiger partial charge in [0.25, 0.3) is 0 Å². The van der Waals surface area contributed by atoms with Gasteiger partial charge in [-0.15, -0.1) is 0 Å². The summed E-state index contributed by atoms with van der Waals surface area (Å²) in [7, 11) is 2.09. The van der Waals surface area contributed by atoms with Gasteiger partial charge in [-0.3, -0.25) is 0 Å². The summed E-state index contributed by atoms with van der Waals surface area (Å²) in [5, 5.41) is 37.4. The number of nitriles is 1. The minimum atomic E-state index is -0.506. The zero-order valence-electron chi connectivity index (χ0n) is 25.3. The summed E-state index contributed by atoms with van der Waals surface area (Å²) < 4.78 is 26.0. The Balaban J connectivity index is 1.42. The number of likely N-dealkylation sites (N-methyl/N-ethyl adjacent to an activating group) is 1. The molecule has 230 valence electrons. The molecule has 4 aliphatic rings. The Kier molecular flexibility index (Phi) is 6.90.